The van der Waals surface area contributed by atoms with E-state index in [9.17, 15) is 35.9 Å². The zero-order valence-electron chi connectivity index (χ0n) is 15.5. The number of urea groups is 1. The molecule has 2 N–H and O–H groups in total. The average molecular weight is 426 g/mol. The number of halogens is 6. The Morgan fingerprint density at radius 1 is 1.00 bits per heavy atom. The van der Waals surface area contributed by atoms with Crippen molar-refractivity contribution in [2.45, 2.75) is 25.7 Å². The Morgan fingerprint density at radius 2 is 1.69 bits per heavy atom. The van der Waals surface area contributed by atoms with Crippen molar-refractivity contribution in [1.82, 2.24) is 9.80 Å². The van der Waals surface area contributed by atoms with E-state index in [2.05, 4.69) is 10.6 Å². The fourth-order valence-electron chi connectivity index (χ4n) is 2.95. The molecule has 29 heavy (non-hydrogen) atoms. The molecule has 0 atom stereocenters. The van der Waals surface area contributed by atoms with Gasteiger partial charge in [-0.1, -0.05) is 0 Å². The Balaban J connectivity index is 2.10. The molecule has 0 radical (unpaired) electrons. The first-order valence-corrected chi connectivity index (χ1v) is 8.69. The molecule has 1 aromatic carbocycles. The lowest BCUT2D eigenvalue weighted by atomic mass is 10.1. The van der Waals surface area contributed by atoms with Crippen molar-refractivity contribution in [3.63, 3.8) is 0 Å². The van der Waals surface area contributed by atoms with Crippen LogP contribution in [-0.2, 0) is 11.0 Å². The zero-order valence-corrected chi connectivity index (χ0v) is 15.5. The van der Waals surface area contributed by atoms with E-state index in [0.29, 0.717) is 6.07 Å². The lowest BCUT2D eigenvalue weighted by Crippen LogP contribution is -2.40. The van der Waals surface area contributed by atoms with Gasteiger partial charge in [0, 0.05) is 38.8 Å². The van der Waals surface area contributed by atoms with Crippen molar-refractivity contribution in [2.24, 2.45) is 0 Å². The third-order valence-corrected chi connectivity index (χ3v) is 4.17. The number of nitrogens with zero attached hydrogens (tertiary/aromatic N) is 2. The molecule has 1 aliphatic heterocycles. The van der Waals surface area contributed by atoms with Gasteiger partial charge in [0.15, 0.2) is 0 Å². The second kappa shape index (κ2) is 8.89. The number of amides is 3. The largest absolute Gasteiger partial charge is 0.418 e. The Kier molecular flexibility index (Phi) is 6.98. The van der Waals surface area contributed by atoms with Gasteiger partial charge in [-0.2, -0.15) is 26.3 Å². The molecule has 1 aromatic rings. The molecular formula is C17H20F6N4O2. The van der Waals surface area contributed by atoms with Gasteiger partial charge in [-0.15, -0.1) is 0 Å². The molecule has 0 spiro atoms. The molecule has 3 amide bonds. The second-order valence-corrected chi connectivity index (χ2v) is 6.60. The van der Waals surface area contributed by atoms with Gasteiger partial charge in [-0.25, -0.2) is 4.79 Å². The van der Waals surface area contributed by atoms with E-state index >= 15 is 0 Å². The van der Waals surface area contributed by atoms with Gasteiger partial charge in [0.05, 0.1) is 17.8 Å². The summed E-state index contributed by atoms with van der Waals surface area (Å²) in [5.41, 5.74) is -1.74. The smallest absolute Gasteiger partial charge is 0.326 e. The third-order valence-electron chi connectivity index (χ3n) is 4.17. The van der Waals surface area contributed by atoms with Gasteiger partial charge < -0.3 is 15.5 Å². The van der Waals surface area contributed by atoms with Crippen LogP contribution in [0.3, 0.4) is 0 Å². The molecule has 0 unspecified atom stereocenters. The highest BCUT2D eigenvalue weighted by atomic mass is 19.4. The van der Waals surface area contributed by atoms with Gasteiger partial charge >= 0.3 is 18.4 Å². The Bertz CT molecular complexity index is 750. The summed E-state index contributed by atoms with van der Waals surface area (Å²) in [6.07, 6.45) is -8.90. The highest BCUT2D eigenvalue weighted by Gasteiger charge is 2.35. The molecule has 0 saturated carbocycles. The lowest BCUT2D eigenvalue weighted by molar-refractivity contribution is -0.145. The predicted molar refractivity (Wildman–Crippen MR) is 93.5 cm³/mol. The van der Waals surface area contributed by atoms with Crippen LogP contribution in [0.15, 0.2) is 18.2 Å². The zero-order chi connectivity index (χ0) is 21.8. The normalized spacial score (nSPS) is 16.3. The van der Waals surface area contributed by atoms with Crippen LogP contribution in [0, 0.1) is 0 Å². The monoisotopic (exact) mass is 426 g/mol. The molecule has 1 aliphatic rings. The SMILES string of the molecule is CC(=O)Nc1ccc(NC(=O)N2CCCN(CC(F)(F)F)CC2)c(C(F)(F)F)c1. The Hall–Kier alpha value is -2.50. The summed E-state index contributed by atoms with van der Waals surface area (Å²) < 4.78 is 77.6. The summed E-state index contributed by atoms with van der Waals surface area (Å²) in [6.45, 7) is 0.192. The summed E-state index contributed by atoms with van der Waals surface area (Å²) in [5.74, 6) is -0.553. The number of anilines is 2. The minimum absolute atomic E-state index is 0.0411. The maximum atomic E-state index is 13.3. The minimum Gasteiger partial charge on any atom is -0.326 e. The van der Waals surface area contributed by atoms with Gasteiger partial charge in [0.25, 0.3) is 0 Å². The van der Waals surface area contributed by atoms with Gasteiger partial charge in [0.1, 0.15) is 0 Å². The molecule has 1 fully saturated rings. The maximum Gasteiger partial charge on any atom is 0.418 e. The summed E-state index contributed by atoms with van der Waals surface area (Å²) in [5, 5.41) is 4.41. The quantitative estimate of drug-likeness (QED) is 0.724. The van der Waals surface area contributed by atoms with E-state index in [-0.39, 0.29) is 38.3 Å². The summed E-state index contributed by atoms with van der Waals surface area (Å²) in [4.78, 5) is 25.8. The van der Waals surface area contributed by atoms with Crippen LogP contribution < -0.4 is 10.6 Å². The van der Waals surface area contributed by atoms with E-state index in [1.807, 2.05) is 0 Å². The Labute approximate surface area is 162 Å². The predicted octanol–water partition coefficient (Wildman–Crippen LogP) is 3.77. The summed E-state index contributed by atoms with van der Waals surface area (Å²) >= 11 is 0. The van der Waals surface area contributed by atoms with Gasteiger partial charge in [0.2, 0.25) is 5.91 Å². The van der Waals surface area contributed by atoms with Crippen LogP contribution in [0.2, 0.25) is 0 Å². The van der Waals surface area contributed by atoms with Crippen LogP contribution in [0.4, 0.5) is 42.5 Å². The number of nitrogens with one attached hydrogen (secondary N) is 2. The van der Waals surface area contributed by atoms with Gasteiger partial charge in [-0.3, -0.25) is 9.69 Å². The number of carbonyl (C=O) groups excluding carboxylic acids is 2. The number of alkyl halides is 6. The maximum absolute atomic E-state index is 13.3. The standard InChI is InChI=1S/C17H20F6N4O2/c1-11(28)24-12-3-4-14(13(9-12)17(21,22)23)25-15(29)27-6-2-5-26(7-8-27)10-16(18,19)20/h3-4,9H,2,5-8,10H2,1H3,(H,24,28)(H,25,29). The van der Waals surface area contributed by atoms with Crippen molar-refractivity contribution >= 4 is 23.3 Å². The van der Waals surface area contributed by atoms with Crippen molar-refractivity contribution in [1.29, 1.82) is 0 Å². The highest BCUT2D eigenvalue weighted by Crippen LogP contribution is 2.36. The topological polar surface area (TPSA) is 64.7 Å². The number of hydrogen-bond acceptors (Lipinski definition) is 3. The molecule has 0 bridgehead atoms. The third kappa shape index (κ3) is 7.11. The summed E-state index contributed by atoms with van der Waals surface area (Å²) in [7, 11) is 0. The molecule has 162 valence electrons. The molecule has 6 nitrogen and oxygen atoms in total. The fraction of sp³-hybridized carbons (Fsp3) is 0.529. The van der Waals surface area contributed by atoms with E-state index in [1.165, 1.54) is 11.0 Å². The average Bonchev–Trinajstić information content (AvgIpc) is 2.78. The summed E-state index contributed by atoms with van der Waals surface area (Å²) in [6, 6.07) is 2.08. The molecule has 2 rings (SSSR count). The van der Waals surface area contributed by atoms with Crippen molar-refractivity contribution in [3.8, 4) is 0 Å². The first kappa shape index (κ1) is 22.8. The van der Waals surface area contributed by atoms with Crippen LogP contribution in [0.1, 0.15) is 18.9 Å². The van der Waals surface area contributed by atoms with Crippen molar-refractivity contribution < 1.29 is 35.9 Å². The van der Waals surface area contributed by atoms with Crippen LogP contribution in [0.25, 0.3) is 0 Å². The van der Waals surface area contributed by atoms with Gasteiger partial charge in [-0.05, 0) is 24.6 Å². The molecule has 1 heterocycles. The second-order valence-electron chi connectivity index (χ2n) is 6.60. The van der Waals surface area contributed by atoms with Crippen molar-refractivity contribution in [3.05, 3.63) is 23.8 Å². The first-order valence-electron chi connectivity index (χ1n) is 8.69. The molecule has 12 heteroatoms. The number of rotatable bonds is 3. The minimum atomic E-state index is -4.79. The fourth-order valence-corrected chi connectivity index (χ4v) is 2.95. The molecule has 1 saturated heterocycles. The van der Waals surface area contributed by atoms with Crippen LogP contribution >= 0.6 is 0 Å². The molecule has 0 aliphatic carbocycles. The van der Waals surface area contributed by atoms with Crippen molar-refractivity contribution in [2.75, 3.05) is 43.4 Å². The van der Waals surface area contributed by atoms with E-state index in [0.717, 1.165) is 17.9 Å². The lowest BCUT2D eigenvalue weighted by Gasteiger charge is -2.24. The van der Waals surface area contributed by atoms with Crippen LogP contribution in [0.5, 0.6) is 0 Å². The van der Waals surface area contributed by atoms with E-state index in [4.69, 9.17) is 0 Å². The molecular weight excluding hydrogens is 406 g/mol. The van der Waals surface area contributed by atoms with E-state index < -0.39 is 42.1 Å². The number of benzene rings is 1. The first-order chi connectivity index (χ1) is 13.3. The number of hydrogen-bond donors (Lipinski definition) is 2. The van der Waals surface area contributed by atoms with Crippen LogP contribution in [-0.4, -0.2) is 60.6 Å². The van der Waals surface area contributed by atoms with E-state index in [1.54, 1.807) is 0 Å². The Morgan fingerprint density at radius 3 is 2.28 bits per heavy atom. The highest BCUT2D eigenvalue weighted by molar-refractivity contribution is 5.92. The number of carbonyl (C=O) groups is 2. The molecule has 0 aromatic heterocycles.